The first-order valence-electron chi connectivity index (χ1n) is 10.9. The summed E-state index contributed by atoms with van der Waals surface area (Å²) < 4.78 is 6.11. The van der Waals surface area contributed by atoms with Crippen molar-refractivity contribution in [3.63, 3.8) is 0 Å². The molecule has 0 amide bonds. The summed E-state index contributed by atoms with van der Waals surface area (Å²) in [5.74, 6) is -3.91. The molecule has 2 N–H and O–H groups in total. The van der Waals surface area contributed by atoms with E-state index in [0.717, 1.165) is 28.8 Å². The number of nitrogens with zero attached hydrogens (tertiary/aromatic N) is 1. The van der Waals surface area contributed by atoms with Gasteiger partial charge < -0.3 is 19.8 Å². The minimum Gasteiger partial charge on any atom is -0.473 e. The van der Waals surface area contributed by atoms with Crippen molar-refractivity contribution in [2.24, 2.45) is 0 Å². The van der Waals surface area contributed by atoms with Crippen molar-refractivity contribution >= 4 is 29.5 Å². The molecule has 3 aromatic carbocycles. The summed E-state index contributed by atoms with van der Waals surface area (Å²) in [7, 11) is 4.06. The second-order valence-electron chi connectivity index (χ2n) is 8.47. The van der Waals surface area contributed by atoms with Crippen LogP contribution in [0.4, 0.5) is 0 Å². The van der Waals surface area contributed by atoms with E-state index in [0.29, 0.717) is 23.4 Å². The molecule has 0 aromatic heterocycles. The molecule has 35 heavy (non-hydrogen) atoms. The van der Waals surface area contributed by atoms with Crippen molar-refractivity contribution < 1.29 is 29.3 Å². The highest BCUT2D eigenvalue weighted by molar-refractivity contribution is 6.30. The van der Waals surface area contributed by atoms with E-state index >= 15 is 0 Å². The normalized spacial score (nSPS) is 16.5. The zero-order chi connectivity index (χ0) is 25.6. The third kappa shape index (κ3) is 6.47. The van der Waals surface area contributed by atoms with E-state index in [-0.39, 0.29) is 5.97 Å². The van der Waals surface area contributed by atoms with E-state index in [1.54, 1.807) is 0 Å². The standard InChI is InChI=1S/C25H24ClNO2.C2H2O4/c1-27(2)15-14-25(21-9-11-22(26)12-10-21)17-20-16-19(18-6-4-3-5-7-18)8-13-23(20)24(28)29-25;3-1(4)2(5)6/h3-13,16H,14-15,17H2,1-2H3;(H,3,4)(H,5,6). The fraction of sp³-hybridized carbons (Fsp3) is 0.222. The quantitative estimate of drug-likeness (QED) is 0.389. The van der Waals surface area contributed by atoms with Crippen molar-refractivity contribution in [1.82, 2.24) is 4.90 Å². The number of aliphatic carboxylic acids is 2. The minimum absolute atomic E-state index is 0.264. The summed E-state index contributed by atoms with van der Waals surface area (Å²) in [5.41, 5.74) is 4.20. The molecule has 0 spiro atoms. The molecule has 0 radical (unpaired) electrons. The number of carboxylic acids is 2. The first kappa shape index (κ1) is 25.9. The highest BCUT2D eigenvalue weighted by atomic mass is 35.5. The molecule has 0 fully saturated rings. The van der Waals surface area contributed by atoms with E-state index in [1.165, 1.54) is 0 Å². The van der Waals surface area contributed by atoms with Gasteiger partial charge >= 0.3 is 17.9 Å². The molecule has 3 aromatic rings. The SMILES string of the molecule is CN(C)CCC1(c2ccc(Cl)cc2)Cc2cc(-c3ccccc3)ccc2C(=O)O1.O=C(O)C(=O)O. The predicted molar refractivity (Wildman–Crippen MR) is 133 cm³/mol. The third-order valence-corrected chi connectivity index (χ3v) is 5.96. The van der Waals surface area contributed by atoms with Crippen molar-refractivity contribution in [2.45, 2.75) is 18.4 Å². The lowest BCUT2D eigenvalue weighted by Crippen LogP contribution is -2.41. The van der Waals surface area contributed by atoms with Crippen LogP contribution in [0.5, 0.6) is 0 Å². The van der Waals surface area contributed by atoms with Crippen LogP contribution in [0.1, 0.15) is 27.9 Å². The zero-order valence-electron chi connectivity index (χ0n) is 19.4. The summed E-state index contributed by atoms with van der Waals surface area (Å²) in [6, 6.07) is 23.9. The second kappa shape index (κ2) is 11.2. The molecular formula is C27H26ClNO6. The van der Waals surface area contributed by atoms with E-state index in [1.807, 2.05) is 68.7 Å². The molecule has 4 rings (SSSR count). The van der Waals surface area contributed by atoms with E-state index in [9.17, 15) is 4.79 Å². The molecule has 0 aliphatic carbocycles. The largest absolute Gasteiger partial charge is 0.473 e. The van der Waals surface area contributed by atoms with Crippen LogP contribution in [-0.4, -0.2) is 53.7 Å². The van der Waals surface area contributed by atoms with E-state index in [2.05, 4.69) is 23.1 Å². The molecule has 0 bridgehead atoms. The molecule has 7 nitrogen and oxygen atoms in total. The van der Waals surface area contributed by atoms with Crippen LogP contribution >= 0.6 is 11.6 Å². The highest BCUT2D eigenvalue weighted by Crippen LogP contribution is 2.40. The van der Waals surface area contributed by atoms with Crippen LogP contribution < -0.4 is 0 Å². The number of halogens is 1. The smallest absolute Gasteiger partial charge is 0.414 e. The molecular weight excluding hydrogens is 470 g/mol. The van der Waals surface area contributed by atoms with Gasteiger partial charge in [-0.15, -0.1) is 0 Å². The van der Waals surface area contributed by atoms with Gasteiger partial charge in [-0.2, -0.15) is 0 Å². The number of benzene rings is 3. The summed E-state index contributed by atoms with van der Waals surface area (Å²) in [5, 5.41) is 15.5. The van der Waals surface area contributed by atoms with Gasteiger partial charge in [-0.1, -0.05) is 66.2 Å². The number of carbonyl (C=O) groups excluding carboxylic acids is 1. The molecule has 1 atom stereocenters. The molecule has 1 aliphatic rings. The Kier molecular flexibility index (Phi) is 8.27. The fourth-order valence-corrected chi connectivity index (χ4v) is 4.05. The Labute approximate surface area is 208 Å². The lowest BCUT2D eigenvalue weighted by atomic mass is 9.80. The Hall–Kier alpha value is -3.68. The van der Waals surface area contributed by atoms with Gasteiger partial charge in [-0.3, -0.25) is 0 Å². The highest BCUT2D eigenvalue weighted by Gasteiger charge is 2.41. The number of cyclic esters (lactones) is 1. The zero-order valence-corrected chi connectivity index (χ0v) is 20.2. The Balaban J connectivity index is 0.000000509. The number of hydrogen-bond acceptors (Lipinski definition) is 5. The lowest BCUT2D eigenvalue weighted by molar-refractivity contribution is -0.159. The number of esters is 1. The van der Waals surface area contributed by atoms with Gasteiger partial charge in [0, 0.05) is 24.4 Å². The van der Waals surface area contributed by atoms with Gasteiger partial charge in [-0.25, -0.2) is 14.4 Å². The average molecular weight is 496 g/mol. The Morgan fingerprint density at radius 2 is 1.57 bits per heavy atom. The van der Waals surface area contributed by atoms with Crippen molar-refractivity contribution in [1.29, 1.82) is 0 Å². The van der Waals surface area contributed by atoms with Gasteiger partial charge in [0.05, 0.1) is 5.56 Å². The maximum Gasteiger partial charge on any atom is 0.414 e. The van der Waals surface area contributed by atoms with Crippen LogP contribution in [0.3, 0.4) is 0 Å². The molecule has 8 heteroatoms. The Bertz CT molecular complexity index is 1200. The van der Waals surface area contributed by atoms with Gasteiger partial charge in [-0.05, 0) is 54.5 Å². The van der Waals surface area contributed by atoms with Crippen LogP contribution in [0.15, 0.2) is 72.8 Å². The monoisotopic (exact) mass is 495 g/mol. The molecule has 1 heterocycles. The van der Waals surface area contributed by atoms with Crippen molar-refractivity contribution in [3.05, 3.63) is 94.5 Å². The molecule has 182 valence electrons. The van der Waals surface area contributed by atoms with Gasteiger partial charge in [0.1, 0.15) is 5.60 Å². The van der Waals surface area contributed by atoms with E-state index in [4.69, 9.17) is 36.1 Å². The number of hydrogen-bond donors (Lipinski definition) is 2. The van der Waals surface area contributed by atoms with E-state index < -0.39 is 17.5 Å². The minimum atomic E-state index is -1.82. The van der Waals surface area contributed by atoms with Crippen LogP contribution in [0.25, 0.3) is 11.1 Å². The molecule has 1 aliphatic heterocycles. The number of ether oxygens (including phenoxy) is 1. The Morgan fingerprint density at radius 1 is 0.943 bits per heavy atom. The lowest BCUT2D eigenvalue weighted by Gasteiger charge is -2.39. The first-order chi connectivity index (χ1) is 16.6. The Morgan fingerprint density at radius 3 is 2.14 bits per heavy atom. The number of carboxylic acid groups (broad SMARTS) is 2. The summed E-state index contributed by atoms with van der Waals surface area (Å²) >= 11 is 6.11. The second-order valence-corrected chi connectivity index (χ2v) is 8.91. The van der Waals surface area contributed by atoms with Crippen LogP contribution in [0.2, 0.25) is 5.02 Å². The molecule has 0 saturated carbocycles. The number of carbonyl (C=O) groups is 3. The summed E-state index contributed by atoms with van der Waals surface area (Å²) in [6.07, 6.45) is 1.35. The van der Waals surface area contributed by atoms with Gasteiger partial charge in [0.2, 0.25) is 0 Å². The molecule has 0 saturated heterocycles. The maximum absolute atomic E-state index is 13.0. The number of rotatable bonds is 5. The summed E-state index contributed by atoms with van der Waals surface area (Å²) in [6.45, 7) is 0.809. The van der Waals surface area contributed by atoms with Crippen LogP contribution in [-0.2, 0) is 26.3 Å². The van der Waals surface area contributed by atoms with Crippen molar-refractivity contribution in [3.8, 4) is 11.1 Å². The van der Waals surface area contributed by atoms with Crippen LogP contribution in [0, 0.1) is 0 Å². The maximum atomic E-state index is 13.0. The summed E-state index contributed by atoms with van der Waals surface area (Å²) in [4.78, 5) is 33.3. The first-order valence-corrected chi connectivity index (χ1v) is 11.3. The third-order valence-electron chi connectivity index (χ3n) is 5.71. The molecule has 1 unspecified atom stereocenters. The fourth-order valence-electron chi connectivity index (χ4n) is 3.93. The van der Waals surface area contributed by atoms with Gasteiger partial charge in [0.25, 0.3) is 0 Å². The van der Waals surface area contributed by atoms with Gasteiger partial charge in [0.15, 0.2) is 0 Å². The average Bonchev–Trinajstić information content (AvgIpc) is 2.83. The predicted octanol–water partition coefficient (Wildman–Crippen LogP) is 4.72. The number of fused-ring (bicyclic) bond motifs is 1. The van der Waals surface area contributed by atoms with Crippen molar-refractivity contribution in [2.75, 3.05) is 20.6 Å². The topological polar surface area (TPSA) is 104 Å².